The Labute approximate surface area is 107 Å². The van der Waals surface area contributed by atoms with Gasteiger partial charge in [-0.05, 0) is 33.6 Å². The first-order valence-corrected chi connectivity index (χ1v) is 6.34. The molecule has 2 rings (SSSR count). The smallest absolute Gasteiger partial charge is 0.410 e. The number of rotatable bonds is 0. The Kier molecular flexibility index (Phi) is 3.23. The van der Waals surface area contributed by atoms with E-state index in [1.165, 1.54) is 0 Å². The number of carbonyl (C=O) groups excluding carboxylic acids is 2. The Morgan fingerprint density at radius 3 is 2.72 bits per heavy atom. The molecule has 0 aliphatic carbocycles. The molecule has 0 radical (unpaired) electrons. The standard InChI is InChI=1S/C12H21N3O3/c1-11(2,3)18-10(17)15-6-4-5-12(8-15)7-9(16)13-14-12/h14H,4-8H2,1-3H3,(H,13,16)/t12-/m0/s1. The fourth-order valence-electron chi connectivity index (χ4n) is 2.46. The van der Waals surface area contributed by atoms with E-state index in [0.717, 1.165) is 12.8 Å². The van der Waals surface area contributed by atoms with Crippen molar-refractivity contribution in [3.63, 3.8) is 0 Å². The fraction of sp³-hybridized carbons (Fsp3) is 0.833. The van der Waals surface area contributed by atoms with Crippen LogP contribution in [0.3, 0.4) is 0 Å². The molecule has 0 aromatic carbocycles. The summed E-state index contributed by atoms with van der Waals surface area (Å²) in [4.78, 5) is 25.0. The predicted octanol–water partition coefficient (Wildman–Crippen LogP) is 0.781. The van der Waals surface area contributed by atoms with E-state index in [4.69, 9.17) is 4.74 Å². The second kappa shape index (κ2) is 4.42. The third-order valence-electron chi connectivity index (χ3n) is 3.19. The normalized spacial score (nSPS) is 28.4. The molecule has 6 heteroatoms. The van der Waals surface area contributed by atoms with Crippen molar-refractivity contribution < 1.29 is 14.3 Å². The Balaban J connectivity index is 1.99. The maximum atomic E-state index is 12.0. The summed E-state index contributed by atoms with van der Waals surface area (Å²) < 4.78 is 5.36. The van der Waals surface area contributed by atoms with Crippen molar-refractivity contribution in [1.82, 2.24) is 15.8 Å². The van der Waals surface area contributed by atoms with Gasteiger partial charge in [-0.25, -0.2) is 10.2 Å². The van der Waals surface area contributed by atoms with Crippen LogP contribution >= 0.6 is 0 Å². The Hall–Kier alpha value is -1.30. The zero-order valence-corrected chi connectivity index (χ0v) is 11.2. The molecule has 2 aliphatic rings. The first-order valence-electron chi connectivity index (χ1n) is 6.34. The van der Waals surface area contributed by atoms with Gasteiger partial charge in [0.05, 0.1) is 5.54 Å². The van der Waals surface area contributed by atoms with Gasteiger partial charge < -0.3 is 9.64 Å². The van der Waals surface area contributed by atoms with E-state index in [-0.39, 0.29) is 17.5 Å². The molecule has 0 bridgehead atoms. The first kappa shape index (κ1) is 13.1. The average molecular weight is 255 g/mol. The molecule has 0 unspecified atom stereocenters. The maximum Gasteiger partial charge on any atom is 0.410 e. The largest absolute Gasteiger partial charge is 0.444 e. The van der Waals surface area contributed by atoms with Crippen molar-refractivity contribution in [2.75, 3.05) is 13.1 Å². The SMILES string of the molecule is CC(C)(C)OC(=O)N1CCC[C@]2(CC(=O)NN2)C1. The minimum absolute atomic E-state index is 0.0129. The number of nitrogens with one attached hydrogen (secondary N) is 2. The number of nitrogens with zero attached hydrogens (tertiary/aromatic N) is 1. The van der Waals surface area contributed by atoms with E-state index < -0.39 is 5.60 Å². The average Bonchev–Trinajstić information content (AvgIpc) is 2.57. The van der Waals surface area contributed by atoms with Gasteiger partial charge in [-0.1, -0.05) is 0 Å². The lowest BCUT2D eigenvalue weighted by atomic mass is 9.88. The molecule has 2 aliphatic heterocycles. The lowest BCUT2D eigenvalue weighted by Crippen LogP contribution is -2.57. The molecule has 6 nitrogen and oxygen atoms in total. The van der Waals surface area contributed by atoms with Crippen molar-refractivity contribution in [3.05, 3.63) is 0 Å². The Morgan fingerprint density at radius 1 is 1.44 bits per heavy atom. The van der Waals surface area contributed by atoms with Crippen LogP contribution in [-0.4, -0.2) is 41.1 Å². The molecule has 1 spiro atoms. The van der Waals surface area contributed by atoms with E-state index >= 15 is 0 Å². The van der Waals surface area contributed by atoms with Crippen molar-refractivity contribution in [2.45, 2.75) is 51.2 Å². The zero-order chi connectivity index (χ0) is 13.4. The highest BCUT2D eigenvalue weighted by Gasteiger charge is 2.43. The highest BCUT2D eigenvalue weighted by atomic mass is 16.6. The van der Waals surface area contributed by atoms with Crippen LogP contribution in [0.1, 0.15) is 40.0 Å². The van der Waals surface area contributed by atoms with E-state index in [2.05, 4.69) is 10.9 Å². The molecule has 2 heterocycles. The van der Waals surface area contributed by atoms with Gasteiger partial charge in [0.15, 0.2) is 0 Å². The number of likely N-dealkylation sites (tertiary alicyclic amines) is 1. The lowest BCUT2D eigenvalue weighted by Gasteiger charge is -2.39. The Morgan fingerprint density at radius 2 is 2.17 bits per heavy atom. The quantitative estimate of drug-likeness (QED) is 0.671. The second-order valence-corrected chi connectivity index (χ2v) is 6.14. The number of hydrazine groups is 1. The summed E-state index contributed by atoms with van der Waals surface area (Å²) in [6, 6.07) is 0. The lowest BCUT2D eigenvalue weighted by molar-refractivity contribution is -0.119. The van der Waals surface area contributed by atoms with Crippen molar-refractivity contribution in [2.24, 2.45) is 0 Å². The molecule has 1 atom stereocenters. The van der Waals surface area contributed by atoms with Crippen LogP contribution in [0.2, 0.25) is 0 Å². The highest BCUT2D eigenvalue weighted by Crippen LogP contribution is 2.27. The van der Waals surface area contributed by atoms with Crippen molar-refractivity contribution in [3.8, 4) is 0 Å². The molecule has 18 heavy (non-hydrogen) atoms. The zero-order valence-electron chi connectivity index (χ0n) is 11.2. The third-order valence-corrected chi connectivity index (χ3v) is 3.19. The molecular formula is C12H21N3O3. The number of hydrogen-bond acceptors (Lipinski definition) is 4. The summed E-state index contributed by atoms with van der Waals surface area (Å²) in [5, 5.41) is 0. The summed E-state index contributed by atoms with van der Waals surface area (Å²) >= 11 is 0. The third kappa shape index (κ3) is 2.93. The summed E-state index contributed by atoms with van der Waals surface area (Å²) in [6.45, 7) is 6.75. The molecule has 2 amide bonds. The monoisotopic (exact) mass is 255 g/mol. The summed E-state index contributed by atoms with van der Waals surface area (Å²) in [5.74, 6) is -0.0129. The number of ether oxygens (including phenoxy) is 1. The van der Waals surface area contributed by atoms with E-state index in [9.17, 15) is 9.59 Å². The van der Waals surface area contributed by atoms with Crippen LogP contribution in [0, 0.1) is 0 Å². The first-order chi connectivity index (χ1) is 8.30. The minimum Gasteiger partial charge on any atom is -0.444 e. The van der Waals surface area contributed by atoms with E-state index in [1.807, 2.05) is 20.8 Å². The molecule has 0 aromatic heterocycles. The summed E-state index contributed by atoms with van der Waals surface area (Å²) in [5.41, 5.74) is 4.84. The summed E-state index contributed by atoms with van der Waals surface area (Å²) in [7, 11) is 0. The maximum absolute atomic E-state index is 12.0. The number of piperidine rings is 1. The van der Waals surface area contributed by atoms with Gasteiger partial charge in [0.1, 0.15) is 5.60 Å². The minimum atomic E-state index is -0.487. The molecule has 2 fully saturated rings. The fourth-order valence-corrected chi connectivity index (χ4v) is 2.46. The van der Waals surface area contributed by atoms with Crippen molar-refractivity contribution >= 4 is 12.0 Å². The van der Waals surface area contributed by atoms with Gasteiger partial charge in [-0.3, -0.25) is 10.2 Å². The summed E-state index contributed by atoms with van der Waals surface area (Å²) in [6.07, 6.45) is 1.89. The van der Waals surface area contributed by atoms with Gasteiger partial charge in [0.25, 0.3) is 0 Å². The van der Waals surface area contributed by atoms with Crippen LogP contribution in [0.15, 0.2) is 0 Å². The van der Waals surface area contributed by atoms with E-state index in [0.29, 0.717) is 19.5 Å². The predicted molar refractivity (Wildman–Crippen MR) is 65.7 cm³/mol. The molecule has 0 saturated carbocycles. The number of carbonyl (C=O) groups is 2. The molecular weight excluding hydrogens is 234 g/mol. The number of amides is 2. The van der Waals surface area contributed by atoms with Gasteiger partial charge in [-0.15, -0.1) is 0 Å². The highest BCUT2D eigenvalue weighted by molar-refractivity contribution is 5.79. The van der Waals surface area contributed by atoms with Crippen LogP contribution < -0.4 is 10.9 Å². The van der Waals surface area contributed by atoms with Gasteiger partial charge >= 0.3 is 6.09 Å². The van der Waals surface area contributed by atoms with Gasteiger partial charge in [-0.2, -0.15) is 0 Å². The number of hydrogen-bond donors (Lipinski definition) is 2. The molecule has 102 valence electrons. The second-order valence-electron chi connectivity index (χ2n) is 6.14. The Bertz CT molecular complexity index is 364. The van der Waals surface area contributed by atoms with Crippen LogP contribution in [-0.2, 0) is 9.53 Å². The topological polar surface area (TPSA) is 70.7 Å². The van der Waals surface area contributed by atoms with Crippen molar-refractivity contribution in [1.29, 1.82) is 0 Å². The molecule has 0 aromatic rings. The molecule has 2 N–H and O–H groups in total. The van der Waals surface area contributed by atoms with Gasteiger partial charge in [0, 0.05) is 19.5 Å². The molecule has 2 saturated heterocycles. The van der Waals surface area contributed by atoms with E-state index in [1.54, 1.807) is 4.90 Å². The van der Waals surface area contributed by atoms with Crippen LogP contribution in [0.25, 0.3) is 0 Å². The van der Waals surface area contributed by atoms with Gasteiger partial charge in [0.2, 0.25) is 5.91 Å². The van der Waals surface area contributed by atoms with Crippen LogP contribution in [0.4, 0.5) is 4.79 Å². The van der Waals surface area contributed by atoms with Crippen LogP contribution in [0.5, 0.6) is 0 Å².